The third kappa shape index (κ3) is 2.00. The van der Waals surface area contributed by atoms with E-state index >= 15 is 0 Å². The van der Waals surface area contributed by atoms with Gasteiger partial charge in [0.1, 0.15) is 5.69 Å². The van der Waals surface area contributed by atoms with Crippen LogP contribution in [-0.4, -0.2) is 16.1 Å². The van der Waals surface area contributed by atoms with E-state index < -0.39 is 0 Å². The molecule has 0 bridgehead atoms. The zero-order valence-electron chi connectivity index (χ0n) is 10.6. The van der Waals surface area contributed by atoms with E-state index in [0.29, 0.717) is 16.8 Å². The SMILES string of the molecule is NNC(=O)c1c(-c2ccccc2)nnc2ccccc12. The van der Waals surface area contributed by atoms with Crippen LogP contribution in [0, 0.1) is 0 Å². The van der Waals surface area contributed by atoms with Crippen molar-refractivity contribution in [1.82, 2.24) is 15.6 Å². The maximum atomic E-state index is 12.1. The van der Waals surface area contributed by atoms with Crippen molar-refractivity contribution in [3.63, 3.8) is 0 Å². The lowest BCUT2D eigenvalue weighted by Gasteiger charge is -2.09. The largest absolute Gasteiger partial charge is 0.290 e. The van der Waals surface area contributed by atoms with E-state index in [4.69, 9.17) is 5.84 Å². The Hall–Kier alpha value is -2.79. The minimum absolute atomic E-state index is 0.380. The van der Waals surface area contributed by atoms with Crippen LogP contribution in [0.4, 0.5) is 0 Å². The van der Waals surface area contributed by atoms with Gasteiger partial charge in [0.25, 0.3) is 5.91 Å². The fraction of sp³-hybridized carbons (Fsp3) is 0. The third-order valence-corrected chi connectivity index (χ3v) is 3.07. The van der Waals surface area contributed by atoms with Crippen LogP contribution in [-0.2, 0) is 0 Å². The van der Waals surface area contributed by atoms with Crippen molar-refractivity contribution in [3.05, 3.63) is 60.2 Å². The molecule has 5 nitrogen and oxygen atoms in total. The van der Waals surface area contributed by atoms with Gasteiger partial charge >= 0.3 is 0 Å². The van der Waals surface area contributed by atoms with Gasteiger partial charge in [-0.2, -0.15) is 0 Å². The summed E-state index contributed by atoms with van der Waals surface area (Å²) < 4.78 is 0. The Balaban J connectivity index is 2.35. The summed E-state index contributed by atoms with van der Waals surface area (Å²) >= 11 is 0. The number of rotatable bonds is 2. The van der Waals surface area contributed by atoms with Crippen molar-refractivity contribution in [3.8, 4) is 11.3 Å². The van der Waals surface area contributed by atoms with Gasteiger partial charge in [-0.25, -0.2) is 5.84 Å². The summed E-state index contributed by atoms with van der Waals surface area (Å²) in [6.07, 6.45) is 0. The first-order chi connectivity index (χ1) is 9.81. The first-order valence-electron chi connectivity index (χ1n) is 6.13. The average molecular weight is 264 g/mol. The summed E-state index contributed by atoms with van der Waals surface area (Å²) in [5.74, 6) is 4.91. The molecule has 3 N–H and O–H groups in total. The van der Waals surface area contributed by atoms with Crippen LogP contribution in [0.3, 0.4) is 0 Å². The van der Waals surface area contributed by atoms with Crippen LogP contribution in [0.2, 0.25) is 0 Å². The number of aromatic nitrogens is 2. The van der Waals surface area contributed by atoms with Crippen molar-refractivity contribution in [2.24, 2.45) is 5.84 Å². The highest BCUT2D eigenvalue weighted by Crippen LogP contribution is 2.26. The molecule has 0 atom stereocenters. The quantitative estimate of drug-likeness (QED) is 0.421. The number of hydrazine groups is 1. The predicted molar refractivity (Wildman–Crippen MR) is 76.6 cm³/mol. The summed E-state index contributed by atoms with van der Waals surface area (Å²) in [6, 6.07) is 16.8. The zero-order valence-corrected chi connectivity index (χ0v) is 10.6. The van der Waals surface area contributed by atoms with Gasteiger partial charge in [0.05, 0.1) is 11.1 Å². The molecule has 0 saturated heterocycles. The number of fused-ring (bicyclic) bond motifs is 1. The highest BCUT2D eigenvalue weighted by Gasteiger charge is 2.18. The summed E-state index contributed by atoms with van der Waals surface area (Å²) in [5, 5.41) is 9.07. The molecule has 3 rings (SSSR count). The highest BCUT2D eigenvalue weighted by atomic mass is 16.2. The molecule has 0 fully saturated rings. The molecular weight excluding hydrogens is 252 g/mol. The average Bonchev–Trinajstić information content (AvgIpc) is 2.54. The van der Waals surface area contributed by atoms with Crippen LogP contribution >= 0.6 is 0 Å². The van der Waals surface area contributed by atoms with Gasteiger partial charge in [-0.05, 0) is 6.07 Å². The molecule has 1 aromatic heterocycles. The fourth-order valence-electron chi connectivity index (χ4n) is 2.15. The van der Waals surface area contributed by atoms with Crippen molar-refractivity contribution in [2.45, 2.75) is 0 Å². The van der Waals surface area contributed by atoms with Crippen LogP contribution in [0.1, 0.15) is 10.4 Å². The van der Waals surface area contributed by atoms with Gasteiger partial charge in [0.15, 0.2) is 0 Å². The van der Waals surface area contributed by atoms with Gasteiger partial charge < -0.3 is 0 Å². The van der Waals surface area contributed by atoms with Gasteiger partial charge in [-0.3, -0.25) is 10.2 Å². The smallest absolute Gasteiger partial charge is 0.268 e. The first-order valence-corrected chi connectivity index (χ1v) is 6.13. The molecule has 1 heterocycles. The Labute approximate surface area is 115 Å². The molecule has 2 aromatic carbocycles. The number of hydrogen-bond acceptors (Lipinski definition) is 4. The van der Waals surface area contributed by atoms with Gasteiger partial charge in [-0.1, -0.05) is 48.5 Å². The lowest BCUT2D eigenvalue weighted by atomic mass is 10.0. The van der Waals surface area contributed by atoms with Gasteiger partial charge in [0.2, 0.25) is 0 Å². The summed E-state index contributed by atoms with van der Waals surface area (Å²) in [4.78, 5) is 12.1. The fourth-order valence-corrected chi connectivity index (χ4v) is 2.15. The van der Waals surface area contributed by atoms with E-state index in [0.717, 1.165) is 10.9 Å². The first kappa shape index (κ1) is 12.3. The van der Waals surface area contributed by atoms with E-state index in [2.05, 4.69) is 15.6 Å². The number of nitrogens with one attached hydrogen (secondary N) is 1. The standard InChI is InChI=1S/C15H12N4O/c16-17-15(20)13-11-8-4-5-9-12(11)18-19-14(13)10-6-2-1-3-7-10/h1-9H,16H2,(H,17,20). The molecule has 0 aliphatic heterocycles. The van der Waals surface area contributed by atoms with Gasteiger partial charge in [-0.15, -0.1) is 10.2 Å². The lowest BCUT2D eigenvalue weighted by molar-refractivity contribution is 0.0955. The molecule has 1 amide bonds. The maximum Gasteiger partial charge on any atom is 0.268 e. The topological polar surface area (TPSA) is 80.9 Å². The van der Waals surface area contributed by atoms with E-state index in [-0.39, 0.29) is 5.91 Å². The number of benzene rings is 2. The predicted octanol–water partition coefficient (Wildman–Crippen LogP) is 1.90. The Morgan fingerprint density at radius 1 is 0.950 bits per heavy atom. The number of nitrogens with zero attached hydrogens (tertiary/aromatic N) is 2. The Bertz CT molecular complexity index is 771. The third-order valence-electron chi connectivity index (χ3n) is 3.07. The Morgan fingerprint density at radius 2 is 1.65 bits per heavy atom. The van der Waals surface area contributed by atoms with Crippen molar-refractivity contribution in [2.75, 3.05) is 0 Å². The van der Waals surface area contributed by atoms with Crippen molar-refractivity contribution < 1.29 is 4.79 Å². The number of amides is 1. The molecule has 0 saturated carbocycles. The van der Waals surface area contributed by atoms with Crippen LogP contribution in [0.5, 0.6) is 0 Å². The summed E-state index contributed by atoms with van der Waals surface area (Å²) in [7, 11) is 0. The number of carbonyl (C=O) groups excluding carboxylic acids is 1. The Morgan fingerprint density at radius 3 is 2.40 bits per heavy atom. The number of nitrogen functional groups attached to an aromatic ring is 1. The second-order valence-corrected chi connectivity index (χ2v) is 4.28. The van der Waals surface area contributed by atoms with E-state index in [1.807, 2.05) is 54.6 Å². The molecule has 98 valence electrons. The molecule has 0 spiro atoms. The van der Waals surface area contributed by atoms with Crippen molar-refractivity contribution in [1.29, 1.82) is 0 Å². The molecule has 0 radical (unpaired) electrons. The second kappa shape index (κ2) is 5.07. The normalized spacial score (nSPS) is 10.4. The lowest BCUT2D eigenvalue weighted by Crippen LogP contribution is -2.31. The summed E-state index contributed by atoms with van der Waals surface area (Å²) in [5.41, 5.74) is 4.61. The van der Waals surface area contributed by atoms with Crippen molar-refractivity contribution >= 4 is 16.8 Å². The molecular formula is C15H12N4O. The highest BCUT2D eigenvalue weighted by molar-refractivity contribution is 6.10. The molecule has 3 aromatic rings. The van der Waals surface area contributed by atoms with Crippen LogP contribution < -0.4 is 11.3 Å². The minimum atomic E-state index is -0.380. The van der Waals surface area contributed by atoms with Crippen LogP contribution in [0.15, 0.2) is 54.6 Å². The second-order valence-electron chi connectivity index (χ2n) is 4.28. The maximum absolute atomic E-state index is 12.1. The van der Waals surface area contributed by atoms with Gasteiger partial charge in [0, 0.05) is 10.9 Å². The molecule has 0 aliphatic carbocycles. The Kier molecular flexibility index (Phi) is 3.10. The number of carbonyl (C=O) groups is 1. The zero-order chi connectivity index (χ0) is 13.9. The van der Waals surface area contributed by atoms with Crippen LogP contribution in [0.25, 0.3) is 22.2 Å². The molecule has 0 unspecified atom stereocenters. The van der Waals surface area contributed by atoms with E-state index in [1.54, 1.807) is 0 Å². The number of nitrogens with two attached hydrogens (primary N) is 1. The van der Waals surface area contributed by atoms with E-state index in [9.17, 15) is 4.79 Å². The minimum Gasteiger partial charge on any atom is -0.290 e. The molecule has 20 heavy (non-hydrogen) atoms. The monoisotopic (exact) mass is 264 g/mol. The summed E-state index contributed by atoms with van der Waals surface area (Å²) in [6.45, 7) is 0. The molecule has 5 heteroatoms. The number of hydrogen-bond donors (Lipinski definition) is 2. The molecule has 0 aliphatic rings. The van der Waals surface area contributed by atoms with E-state index in [1.165, 1.54) is 0 Å².